The highest BCUT2D eigenvalue weighted by Gasteiger charge is 2.33. The van der Waals surface area contributed by atoms with Crippen LogP contribution in [0.1, 0.15) is 5.56 Å². The Hall–Kier alpha value is -3.58. The van der Waals surface area contributed by atoms with Gasteiger partial charge >= 0.3 is 0 Å². The van der Waals surface area contributed by atoms with Crippen molar-refractivity contribution >= 4 is 32.6 Å². The summed E-state index contributed by atoms with van der Waals surface area (Å²) >= 11 is 1.46. The van der Waals surface area contributed by atoms with Gasteiger partial charge < -0.3 is 14.2 Å². The van der Waals surface area contributed by atoms with Crippen molar-refractivity contribution in [3.05, 3.63) is 78.4 Å². The maximum atomic E-state index is 13.6. The van der Waals surface area contributed by atoms with Crippen molar-refractivity contribution in [1.29, 1.82) is 0 Å². The fourth-order valence-electron chi connectivity index (χ4n) is 3.46. The van der Waals surface area contributed by atoms with Crippen LogP contribution in [0.5, 0.6) is 17.2 Å². The molecule has 1 aliphatic heterocycles. The molecule has 4 aromatic rings. The molecule has 2 heterocycles. The van der Waals surface area contributed by atoms with Crippen molar-refractivity contribution in [2.24, 2.45) is 0 Å². The van der Waals surface area contributed by atoms with Gasteiger partial charge in [-0.15, -0.1) is 0 Å². The number of carbonyl (C=O) groups excluding carboxylic acids is 1. The van der Waals surface area contributed by atoms with Gasteiger partial charge in [0.05, 0.1) is 23.9 Å². The summed E-state index contributed by atoms with van der Waals surface area (Å²) in [5.74, 6) is 1.75. The fraction of sp³-hybridized carbons (Fsp3) is 0.167. The molecule has 156 valence electrons. The van der Waals surface area contributed by atoms with Crippen molar-refractivity contribution in [3.63, 3.8) is 0 Å². The lowest BCUT2D eigenvalue weighted by Gasteiger charge is -2.29. The minimum Gasteiger partial charge on any atom is -0.497 e. The van der Waals surface area contributed by atoms with Crippen LogP contribution >= 0.6 is 11.3 Å². The van der Waals surface area contributed by atoms with Crippen LogP contribution in [0.3, 0.4) is 0 Å². The van der Waals surface area contributed by atoms with Gasteiger partial charge in [-0.05, 0) is 29.8 Å². The van der Waals surface area contributed by atoms with E-state index in [1.807, 2.05) is 66.7 Å². The number of nitrogens with zero attached hydrogens (tertiary/aromatic N) is 2. The first-order valence-electron chi connectivity index (χ1n) is 9.89. The van der Waals surface area contributed by atoms with Crippen LogP contribution in [0.4, 0.5) is 5.13 Å². The summed E-state index contributed by atoms with van der Waals surface area (Å²) in [6, 6.07) is 22.9. The molecule has 31 heavy (non-hydrogen) atoms. The van der Waals surface area contributed by atoms with Crippen LogP contribution in [-0.4, -0.2) is 30.7 Å². The Bertz CT molecular complexity index is 1220. The van der Waals surface area contributed by atoms with Crippen LogP contribution in [0.2, 0.25) is 0 Å². The van der Waals surface area contributed by atoms with E-state index in [4.69, 9.17) is 19.2 Å². The minimum atomic E-state index is -0.750. The largest absolute Gasteiger partial charge is 0.497 e. The van der Waals surface area contributed by atoms with Gasteiger partial charge in [-0.3, -0.25) is 9.69 Å². The molecule has 1 aliphatic rings. The molecule has 0 saturated heterocycles. The maximum absolute atomic E-state index is 13.6. The van der Waals surface area contributed by atoms with E-state index >= 15 is 0 Å². The number of para-hydroxylation sites is 2. The number of hydrogen-bond acceptors (Lipinski definition) is 6. The summed E-state index contributed by atoms with van der Waals surface area (Å²) in [4.78, 5) is 20.0. The zero-order chi connectivity index (χ0) is 21.2. The van der Waals surface area contributed by atoms with E-state index in [1.165, 1.54) is 11.3 Å². The number of thiazole rings is 1. The van der Waals surface area contributed by atoms with Gasteiger partial charge in [0, 0.05) is 6.07 Å². The summed E-state index contributed by atoms with van der Waals surface area (Å²) in [5, 5.41) is 0.611. The first kappa shape index (κ1) is 19.4. The maximum Gasteiger partial charge on any atom is 0.273 e. The number of ether oxygens (including phenoxy) is 3. The van der Waals surface area contributed by atoms with E-state index in [-0.39, 0.29) is 12.5 Å². The van der Waals surface area contributed by atoms with E-state index < -0.39 is 6.10 Å². The normalized spacial score (nSPS) is 14.9. The van der Waals surface area contributed by atoms with Gasteiger partial charge in [-0.25, -0.2) is 4.98 Å². The number of hydrogen-bond donors (Lipinski definition) is 0. The second-order valence-corrected chi connectivity index (χ2v) is 8.11. The Balaban J connectivity index is 1.49. The molecule has 3 aromatic carbocycles. The van der Waals surface area contributed by atoms with Crippen molar-refractivity contribution in [2.45, 2.75) is 12.6 Å². The van der Waals surface area contributed by atoms with Crippen molar-refractivity contribution in [3.8, 4) is 17.2 Å². The number of anilines is 1. The highest BCUT2D eigenvalue weighted by molar-refractivity contribution is 7.22. The van der Waals surface area contributed by atoms with Gasteiger partial charge in [0.25, 0.3) is 5.91 Å². The molecule has 1 unspecified atom stereocenters. The van der Waals surface area contributed by atoms with Crippen LogP contribution in [0, 0.1) is 0 Å². The quantitative estimate of drug-likeness (QED) is 0.458. The summed E-state index contributed by atoms with van der Waals surface area (Å²) in [6.45, 7) is 0.540. The first-order chi connectivity index (χ1) is 15.2. The number of aromatic nitrogens is 1. The van der Waals surface area contributed by atoms with Crippen molar-refractivity contribution < 1.29 is 19.0 Å². The van der Waals surface area contributed by atoms with Gasteiger partial charge in [0.2, 0.25) is 6.10 Å². The highest BCUT2D eigenvalue weighted by Crippen LogP contribution is 2.35. The van der Waals surface area contributed by atoms with Gasteiger partial charge in [-0.1, -0.05) is 53.8 Å². The van der Waals surface area contributed by atoms with Gasteiger partial charge in [-0.2, -0.15) is 0 Å². The Labute approximate surface area is 183 Å². The molecule has 1 aromatic heterocycles. The van der Waals surface area contributed by atoms with Crippen LogP contribution < -0.4 is 19.1 Å². The number of amides is 1. The average molecular weight is 433 g/mol. The number of benzene rings is 3. The lowest BCUT2D eigenvalue weighted by atomic mass is 10.2. The molecule has 6 nitrogen and oxygen atoms in total. The molecule has 0 saturated carbocycles. The van der Waals surface area contributed by atoms with Crippen molar-refractivity contribution in [2.75, 3.05) is 18.6 Å². The minimum absolute atomic E-state index is 0.153. The molecule has 1 atom stereocenters. The molecule has 0 spiro atoms. The number of rotatable bonds is 5. The Morgan fingerprint density at radius 2 is 1.87 bits per heavy atom. The lowest BCUT2D eigenvalue weighted by molar-refractivity contribution is -0.127. The standard InChI is InChI=1S/C24H20N2O4S/c1-28-17-11-12-22-18(13-17)25-24(31-22)26(14-16-7-3-2-4-8-16)23(27)21-15-29-19-9-5-6-10-20(19)30-21/h2-13,21H,14-15H2,1H3. The lowest BCUT2D eigenvalue weighted by Crippen LogP contribution is -2.46. The van der Waals surface area contributed by atoms with Crippen molar-refractivity contribution in [1.82, 2.24) is 4.98 Å². The first-order valence-corrected chi connectivity index (χ1v) is 10.7. The molecular weight excluding hydrogens is 412 g/mol. The Kier molecular flexibility index (Phi) is 5.18. The predicted octanol–water partition coefficient (Wildman–Crippen LogP) is 4.68. The van der Waals surface area contributed by atoms with E-state index in [2.05, 4.69) is 0 Å². The zero-order valence-electron chi connectivity index (χ0n) is 16.9. The topological polar surface area (TPSA) is 60.9 Å². The summed E-state index contributed by atoms with van der Waals surface area (Å²) in [6.07, 6.45) is -0.750. The summed E-state index contributed by atoms with van der Waals surface area (Å²) in [5.41, 5.74) is 1.79. The molecule has 1 amide bonds. The van der Waals surface area contributed by atoms with Crippen LogP contribution in [0.15, 0.2) is 72.8 Å². The third kappa shape index (κ3) is 3.92. The Morgan fingerprint density at radius 3 is 2.68 bits per heavy atom. The smallest absolute Gasteiger partial charge is 0.273 e. The Morgan fingerprint density at radius 1 is 1.10 bits per heavy atom. The van der Waals surface area contributed by atoms with Gasteiger partial charge in [0.15, 0.2) is 16.6 Å². The molecular formula is C24H20N2O4S. The molecule has 0 radical (unpaired) electrons. The fourth-order valence-corrected chi connectivity index (χ4v) is 4.41. The third-order valence-electron chi connectivity index (χ3n) is 5.05. The SMILES string of the molecule is COc1ccc2sc(N(Cc3ccccc3)C(=O)C3COc4ccccc4O3)nc2c1. The molecule has 0 aliphatic carbocycles. The monoisotopic (exact) mass is 432 g/mol. The van der Waals surface area contributed by atoms with Crippen LogP contribution in [-0.2, 0) is 11.3 Å². The molecule has 0 N–H and O–H groups in total. The molecule has 0 bridgehead atoms. The number of carbonyl (C=O) groups is 1. The van der Waals surface area contributed by atoms with Gasteiger partial charge in [0.1, 0.15) is 12.4 Å². The highest BCUT2D eigenvalue weighted by atomic mass is 32.1. The molecule has 5 rings (SSSR count). The predicted molar refractivity (Wildman–Crippen MR) is 120 cm³/mol. The number of methoxy groups -OCH3 is 1. The average Bonchev–Trinajstić information content (AvgIpc) is 3.25. The molecule has 0 fully saturated rings. The number of fused-ring (bicyclic) bond motifs is 2. The summed E-state index contributed by atoms with van der Waals surface area (Å²) < 4.78 is 18.1. The van der Waals surface area contributed by atoms with Crippen LogP contribution in [0.25, 0.3) is 10.2 Å². The van der Waals surface area contributed by atoms with E-state index in [1.54, 1.807) is 18.1 Å². The van der Waals surface area contributed by atoms with E-state index in [0.717, 1.165) is 21.5 Å². The van der Waals surface area contributed by atoms with E-state index in [0.29, 0.717) is 23.2 Å². The zero-order valence-corrected chi connectivity index (χ0v) is 17.7. The molecule has 7 heteroatoms. The second kappa shape index (κ2) is 8.28. The van der Waals surface area contributed by atoms with E-state index in [9.17, 15) is 4.79 Å². The third-order valence-corrected chi connectivity index (χ3v) is 6.11. The second-order valence-electron chi connectivity index (χ2n) is 7.10. The summed E-state index contributed by atoms with van der Waals surface area (Å²) in [7, 11) is 1.62.